The Balaban J connectivity index is 1.88. The zero-order chi connectivity index (χ0) is 23.7. The summed E-state index contributed by atoms with van der Waals surface area (Å²) in [5, 5.41) is 4.72. The van der Waals surface area contributed by atoms with Crippen LogP contribution in [0.3, 0.4) is 0 Å². The Bertz CT molecular complexity index is 1170. The van der Waals surface area contributed by atoms with E-state index >= 15 is 0 Å². The fourth-order valence-corrected chi connectivity index (χ4v) is 3.98. The van der Waals surface area contributed by atoms with E-state index in [0.29, 0.717) is 29.1 Å². The molecule has 0 saturated heterocycles. The maximum Gasteiger partial charge on any atom is 0.340 e. The maximum absolute atomic E-state index is 13.2. The van der Waals surface area contributed by atoms with E-state index in [4.69, 9.17) is 9.84 Å². The average Bonchev–Trinajstić information content (AvgIpc) is 3.17. The van der Waals surface area contributed by atoms with Gasteiger partial charge in [0.2, 0.25) is 0 Å². The van der Waals surface area contributed by atoms with Crippen LogP contribution in [0, 0.1) is 34.6 Å². The van der Waals surface area contributed by atoms with Gasteiger partial charge in [-0.05, 0) is 65.7 Å². The summed E-state index contributed by atoms with van der Waals surface area (Å²) in [6, 6.07) is 8.09. The Hall–Kier alpha value is -3.35. The van der Waals surface area contributed by atoms with Crippen LogP contribution >= 0.6 is 0 Å². The molecule has 0 spiro atoms. The van der Waals surface area contributed by atoms with Gasteiger partial charge in [-0.15, -0.1) is 0 Å². The summed E-state index contributed by atoms with van der Waals surface area (Å²) in [6.45, 7) is 13.6. The highest BCUT2D eigenvalue weighted by atomic mass is 16.5. The minimum Gasteiger partial charge on any atom is -0.459 e. The first kappa shape index (κ1) is 23.3. The third-order valence-corrected chi connectivity index (χ3v) is 5.73. The van der Waals surface area contributed by atoms with Crippen molar-refractivity contribution < 1.29 is 14.3 Å². The number of aryl methyl sites for hydroxylation is 3. The predicted octanol–water partition coefficient (Wildman–Crippen LogP) is 4.58. The lowest BCUT2D eigenvalue weighted by Crippen LogP contribution is -2.27. The minimum atomic E-state index is -0.417. The molecule has 170 valence electrons. The Morgan fingerprint density at radius 2 is 1.78 bits per heavy atom. The van der Waals surface area contributed by atoms with Gasteiger partial charge < -0.3 is 14.6 Å². The van der Waals surface area contributed by atoms with Crippen LogP contribution in [-0.4, -0.2) is 44.7 Å². The number of aromatic nitrogens is 3. The molecule has 0 saturated carbocycles. The molecule has 0 fully saturated rings. The van der Waals surface area contributed by atoms with Crippen molar-refractivity contribution in [1.29, 1.82) is 0 Å². The molecule has 2 heterocycles. The number of hydrogen-bond acceptors (Lipinski definition) is 4. The number of esters is 1. The van der Waals surface area contributed by atoms with Crippen LogP contribution in [0.5, 0.6) is 0 Å². The molecule has 32 heavy (non-hydrogen) atoms. The van der Waals surface area contributed by atoms with Crippen molar-refractivity contribution in [3.8, 4) is 5.69 Å². The van der Waals surface area contributed by atoms with Crippen LogP contribution in [0.1, 0.15) is 68.5 Å². The Labute approximate surface area is 189 Å². The summed E-state index contributed by atoms with van der Waals surface area (Å²) in [5.74, 6) is -0.601. The molecule has 0 aliphatic heterocycles. The number of nitrogens with zero attached hydrogens (tertiary/aromatic N) is 3. The number of carbonyl (C=O) groups excluding carboxylic acids is 2. The molecule has 7 heteroatoms. The second kappa shape index (κ2) is 9.02. The first-order valence-corrected chi connectivity index (χ1v) is 10.8. The third kappa shape index (κ3) is 4.33. The van der Waals surface area contributed by atoms with Crippen LogP contribution < -0.4 is 0 Å². The van der Waals surface area contributed by atoms with Crippen molar-refractivity contribution in [2.24, 2.45) is 0 Å². The van der Waals surface area contributed by atoms with Gasteiger partial charge in [-0.2, -0.15) is 5.10 Å². The first-order chi connectivity index (χ1) is 15.0. The zero-order valence-corrected chi connectivity index (χ0v) is 20.2. The van der Waals surface area contributed by atoms with Gasteiger partial charge in [-0.1, -0.05) is 18.2 Å². The highest BCUT2D eigenvalue weighted by molar-refractivity contribution is 6.00. The van der Waals surface area contributed by atoms with Crippen LogP contribution in [-0.2, 0) is 11.3 Å². The first-order valence-electron chi connectivity index (χ1n) is 10.8. The van der Waals surface area contributed by atoms with E-state index in [9.17, 15) is 9.59 Å². The molecular weight excluding hydrogens is 404 g/mol. The van der Waals surface area contributed by atoms with Gasteiger partial charge in [0, 0.05) is 30.5 Å². The molecular formula is C25H32N4O3. The quantitative estimate of drug-likeness (QED) is 0.574. The number of ether oxygens (including phenoxy) is 1. The number of rotatable bonds is 6. The zero-order valence-electron chi connectivity index (χ0n) is 20.2. The van der Waals surface area contributed by atoms with Gasteiger partial charge in [-0.3, -0.25) is 4.79 Å². The second-order valence-electron chi connectivity index (χ2n) is 8.59. The average molecular weight is 437 g/mol. The number of carbonyl (C=O) groups is 2. The highest BCUT2D eigenvalue weighted by Crippen LogP contribution is 2.24. The lowest BCUT2D eigenvalue weighted by atomic mass is 10.1. The summed E-state index contributed by atoms with van der Waals surface area (Å²) in [7, 11) is 1.76. The molecule has 0 unspecified atom stereocenters. The molecule has 7 nitrogen and oxygen atoms in total. The molecule has 3 aromatic rings. The van der Waals surface area contributed by atoms with Crippen molar-refractivity contribution >= 4 is 11.9 Å². The van der Waals surface area contributed by atoms with E-state index in [-0.39, 0.29) is 12.0 Å². The topological polar surface area (TPSA) is 80.2 Å². The van der Waals surface area contributed by atoms with E-state index in [0.717, 1.165) is 28.2 Å². The standard InChI is InChI=1S/C25H32N4O3/c1-14(2)32-25(31)22-16(4)23(26-18(22)6)24(30)28(8)13-20-17(5)27-29(19(20)7)21-12-10-9-11-15(21)3/h9-12,14,26H,13H2,1-8H3. The fraction of sp³-hybridized carbons (Fsp3) is 0.400. The van der Waals surface area contributed by atoms with E-state index in [1.54, 1.807) is 39.6 Å². The van der Waals surface area contributed by atoms with Gasteiger partial charge >= 0.3 is 5.97 Å². The van der Waals surface area contributed by atoms with Crippen molar-refractivity contribution in [2.45, 2.75) is 61.1 Å². The second-order valence-corrected chi connectivity index (χ2v) is 8.59. The molecule has 0 aliphatic carbocycles. The van der Waals surface area contributed by atoms with Gasteiger partial charge in [0.25, 0.3) is 5.91 Å². The molecule has 0 aliphatic rings. The third-order valence-electron chi connectivity index (χ3n) is 5.73. The number of hydrogen-bond donors (Lipinski definition) is 1. The maximum atomic E-state index is 13.2. The lowest BCUT2D eigenvalue weighted by molar-refractivity contribution is 0.0376. The summed E-state index contributed by atoms with van der Waals surface area (Å²) >= 11 is 0. The number of benzene rings is 1. The molecule has 0 radical (unpaired) electrons. The van der Waals surface area contributed by atoms with Crippen LogP contribution in [0.15, 0.2) is 24.3 Å². The molecule has 1 aromatic carbocycles. The van der Waals surface area contributed by atoms with Crippen molar-refractivity contribution in [2.75, 3.05) is 7.05 Å². The normalized spacial score (nSPS) is 11.2. The molecule has 0 atom stereocenters. The van der Waals surface area contributed by atoms with Gasteiger partial charge in [0.05, 0.1) is 23.0 Å². The van der Waals surface area contributed by atoms with Crippen molar-refractivity contribution in [3.63, 3.8) is 0 Å². The summed E-state index contributed by atoms with van der Waals surface area (Å²) in [4.78, 5) is 30.5. The Morgan fingerprint density at radius 3 is 2.41 bits per heavy atom. The monoisotopic (exact) mass is 436 g/mol. The Kier molecular flexibility index (Phi) is 6.57. The summed E-state index contributed by atoms with van der Waals surface area (Å²) < 4.78 is 7.27. The molecule has 1 N–H and O–H groups in total. The van der Waals surface area contributed by atoms with Crippen LogP contribution in [0.25, 0.3) is 5.69 Å². The molecule has 3 rings (SSSR count). The number of aromatic amines is 1. The van der Waals surface area contributed by atoms with Crippen molar-refractivity contribution in [3.05, 3.63) is 69.3 Å². The van der Waals surface area contributed by atoms with Gasteiger partial charge in [0.15, 0.2) is 0 Å². The van der Waals surface area contributed by atoms with E-state index in [2.05, 4.69) is 18.0 Å². The van der Waals surface area contributed by atoms with E-state index in [1.165, 1.54) is 0 Å². The smallest absolute Gasteiger partial charge is 0.340 e. The Morgan fingerprint density at radius 1 is 1.12 bits per heavy atom. The SMILES string of the molecule is Cc1ccccc1-n1nc(C)c(CN(C)C(=O)c2[nH]c(C)c(C(=O)OC(C)C)c2C)c1C. The van der Waals surface area contributed by atoms with Gasteiger partial charge in [0.1, 0.15) is 5.69 Å². The molecule has 0 bridgehead atoms. The van der Waals surface area contributed by atoms with Gasteiger partial charge in [-0.25, -0.2) is 9.48 Å². The number of nitrogens with one attached hydrogen (secondary N) is 1. The lowest BCUT2D eigenvalue weighted by Gasteiger charge is -2.18. The predicted molar refractivity (Wildman–Crippen MR) is 124 cm³/mol. The summed E-state index contributed by atoms with van der Waals surface area (Å²) in [5.41, 5.74) is 7.11. The number of para-hydroxylation sites is 1. The summed E-state index contributed by atoms with van der Waals surface area (Å²) in [6.07, 6.45) is -0.228. The number of H-pyrrole nitrogens is 1. The van der Waals surface area contributed by atoms with Crippen molar-refractivity contribution in [1.82, 2.24) is 19.7 Å². The molecule has 1 amide bonds. The fourth-order valence-electron chi connectivity index (χ4n) is 3.98. The van der Waals surface area contributed by atoms with E-state index < -0.39 is 5.97 Å². The number of amides is 1. The minimum absolute atomic E-state index is 0.184. The van der Waals surface area contributed by atoms with Crippen LogP contribution in [0.2, 0.25) is 0 Å². The molecule has 2 aromatic heterocycles. The highest BCUT2D eigenvalue weighted by Gasteiger charge is 2.26. The van der Waals surface area contributed by atoms with Crippen LogP contribution in [0.4, 0.5) is 0 Å². The largest absolute Gasteiger partial charge is 0.459 e. The van der Waals surface area contributed by atoms with E-state index in [1.807, 2.05) is 36.7 Å².